The van der Waals surface area contributed by atoms with Crippen molar-refractivity contribution < 1.29 is 19.4 Å². The van der Waals surface area contributed by atoms with Crippen LogP contribution in [-0.4, -0.2) is 53.2 Å². The SMILES string of the molecule is CC1(C)CN(C(=O)c2ccc(C(N)=O)cc2)CC(CO)O1. The number of ether oxygens (including phenoxy) is 1. The molecular weight excluding hydrogens is 272 g/mol. The number of carbonyl (C=O) groups excluding carboxylic acids is 2. The fraction of sp³-hybridized carbons (Fsp3) is 0.467. The van der Waals surface area contributed by atoms with Crippen LogP contribution in [0.4, 0.5) is 0 Å². The molecule has 6 nitrogen and oxygen atoms in total. The molecule has 1 heterocycles. The van der Waals surface area contributed by atoms with Gasteiger partial charge in [-0.25, -0.2) is 0 Å². The Balaban J connectivity index is 2.16. The van der Waals surface area contributed by atoms with Gasteiger partial charge in [0.1, 0.15) is 0 Å². The standard InChI is InChI=1S/C15H20N2O4/c1-15(2)9-17(7-12(8-18)21-15)14(20)11-5-3-10(4-6-11)13(16)19/h3-6,12,18H,7-9H2,1-2H3,(H2,16,19). The summed E-state index contributed by atoms with van der Waals surface area (Å²) in [4.78, 5) is 25.2. The van der Waals surface area contributed by atoms with Crippen LogP contribution in [0.2, 0.25) is 0 Å². The molecule has 0 aromatic heterocycles. The predicted octanol–water partition coefficient (Wildman–Crippen LogP) is 0.397. The molecule has 1 fully saturated rings. The van der Waals surface area contributed by atoms with Crippen molar-refractivity contribution in [3.8, 4) is 0 Å². The predicted molar refractivity (Wildman–Crippen MR) is 76.9 cm³/mol. The highest BCUT2D eigenvalue weighted by atomic mass is 16.5. The van der Waals surface area contributed by atoms with Gasteiger partial charge in [0.05, 0.1) is 18.3 Å². The van der Waals surface area contributed by atoms with E-state index in [0.29, 0.717) is 24.2 Å². The largest absolute Gasteiger partial charge is 0.394 e. The number of morpholine rings is 1. The molecule has 0 spiro atoms. The van der Waals surface area contributed by atoms with E-state index < -0.39 is 11.5 Å². The summed E-state index contributed by atoms with van der Waals surface area (Å²) in [5.41, 5.74) is 5.51. The number of aliphatic hydroxyl groups is 1. The molecule has 21 heavy (non-hydrogen) atoms. The molecule has 1 aromatic carbocycles. The molecule has 1 aromatic rings. The topological polar surface area (TPSA) is 92.9 Å². The maximum Gasteiger partial charge on any atom is 0.254 e. The van der Waals surface area contributed by atoms with Crippen molar-refractivity contribution in [3.63, 3.8) is 0 Å². The maximum absolute atomic E-state index is 12.5. The third kappa shape index (κ3) is 3.59. The third-order valence-corrected chi connectivity index (χ3v) is 3.39. The molecule has 1 unspecified atom stereocenters. The van der Waals surface area contributed by atoms with E-state index in [2.05, 4.69) is 0 Å². The van der Waals surface area contributed by atoms with Gasteiger partial charge in [-0.05, 0) is 38.1 Å². The first kappa shape index (κ1) is 15.5. The first-order valence-corrected chi connectivity index (χ1v) is 6.80. The number of benzene rings is 1. The minimum atomic E-state index is -0.526. The lowest BCUT2D eigenvalue weighted by atomic mass is 10.0. The van der Waals surface area contributed by atoms with Crippen LogP contribution in [0, 0.1) is 0 Å². The monoisotopic (exact) mass is 292 g/mol. The van der Waals surface area contributed by atoms with Gasteiger partial charge in [0, 0.05) is 24.2 Å². The van der Waals surface area contributed by atoms with Crippen molar-refractivity contribution in [3.05, 3.63) is 35.4 Å². The van der Waals surface area contributed by atoms with E-state index in [0.717, 1.165) is 0 Å². The van der Waals surface area contributed by atoms with Crippen LogP contribution in [0.1, 0.15) is 34.6 Å². The van der Waals surface area contributed by atoms with E-state index >= 15 is 0 Å². The Bertz CT molecular complexity index is 539. The van der Waals surface area contributed by atoms with Crippen LogP contribution in [0.3, 0.4) is 0 Å². The fourth-order valence-electron chi connectivity index (χ4n) is 2.51. The molecule has 114 valence electrons. The van der Waals surface area contributed by atoms with Crippen molar-refractivity contribution in [2.45, 2.75) is 25.6 Å². The summed E-state index contributed by atoms with van der Waals surface area (Å²) in [6.07, 6.45) is -0.386. The molecule has 0 radical (unpaired) electrons. The summed E-state index contributed by atoms with van der Waals surface area (Å²) in [7, 11) is 0. The van der Waals surface area contributed by atoms with Gasteiger partial charge in [-0.3, -0.25) is 9.59 Å². The van der Waals surface area contributed by atoms with Crippen molar-refractivity contribution in [1.82, 2.24) is 4.90 Å². The second kappa shape index (κ2) is 5.83. The smallest absolute Gasteiger partial charge is 0.254 e. The molecule has 3 N–H and O–H groups in total. The average molecular weight is 292 g/mol. The minimum absolute atomic E-state index is 0.131. The highest BCUT2D eigenvalue weighted by molar-refractivity contribution is 5.97. The van der Waals surface area contributed by atoms with Crippen LogP contribution in [0.5, 0.6) is 0 Å². The van der Waals surface area contributed by atoms with Gasteiger partial charge in [-0.15, -0.1) is 0 Å². The van der Waals surface area contributed by atoms with Crippen molar-refractivity contribution in [2.24, 2.45) is 5.73 Å². The average Bonchev–Trinajstić information content (AvgIpc) is 2.44. The molecule has 1 atom stereocenters. The van der Waals surface area contributed by atoms with Crippen molar-refractivity contribution >= 4 is 11.8 Å². The van der Waals surface area contributed by atoms with E-state index in [-0.39, 0.29) is 18.6 Å². The third-order valence-electron chi connectivity index (χ3n) is 3.39. The first-order valence-electron chi connectivity index (χ1n) is 6.80. The van der Waals surface area contributed by atoms with Gasteiger partial charge in [0.15, 0.2) is 0 Å². The number of carbonyl (C=O) groups is 2. The molecular formula is C15H20N2O4. The summed E-state index contributed by atoms with van der Waals surface area (Å²) in [6.45, 7) is 4.42. The Hall–Kier alpha value is -1.92. The summed E-state index contributed by atoms with van der Waals surface area (Å²) in [6, 6.07) is 6.23. The normalized spacial score (nSPS) is 21.1. The number of aliphatic hydroxyl groups excluding tert-OH is 1. The van der Waals surface area contributed by atoms with Crippen LogP contribution in [-0.2, 0) is 4.74 Å². The van der Waals surface area contributed by atoms with Crippen molar-refractivity contribution in [1.29, 1.82) is 0 Å². The van der Waals surface area contributed by atoms with Gasteiger partial charge in [-0.2, -0.15) is 0 Å². The number of rotatable bonds is 3. The number of hydrogen-bond donors (Lipinski definition) is 2. The number of primary amides is 1. The Labute approximate surface area is 123 Å². The number of hydrogen-bond acceptors (Lipinski definition) is 4. The summed E-state index contributed by atoms with van der Waals surface area (Å²) < 4.78 is 5.68. The van der Waals surface area contributed by atoms with E-state index in [4.69, 9.17) is 10.5 Å². The molecule has 0 bridgehead atoms. The minimum Gasteiger partial charge on any atom is -0.394 e. The van der Waals surface area contributed by atoms with Gasteiger partial charge in [-0.1, -0.05) is 0 Å². The van der Waals surface area contributed by atoms with E-state index in [1.807, 2.05) is 13.8 Å². The van der Waals surface area contributed by atoms with Gasteiger partial charge >= 0.3 is 0 Å². The zero-order valence-corrected chi connectivity index (χ0v) is 12.2. The van der Waals surface area contributed by atoms with E-state index in [1.165, 1.54) is 12.1 Å². The Morgan fingerprint density at radius 2 is 1.90 bits per heavy atom. The zero-order chi connectivity index (χ0) is 15.6. The molecule has 6 heteroatoms. The quantitative estimate of drug-likeness (QED) is 0.843. The molecule has 0 saturated carbocycles. The van der Waals surface area contributed by atoms with Gasteiger partial charge in [0.25, 0.3) is 5.91 Å². The van der Waals surface area contributed by atoms with E-state index in [9.17, 15) is 14.7 Å². The van der Waals surface area contributed by atoms with Gasteiger partial charge < -0.3 is 20.5 Å². The second-order valence-electron chi connectivity index (χ2n) is 5.81. The zero-order valence-electron chi connectivity index (χ0n) is 12.2. The van der Waals surface area contributed by atoms with Gasteiger partial charge in [0.2, 0.25) is 5.91 Å². The molecule has 1 saturated heterocycles. The summed E-state index contributed by atoms with van der Waals surface area (Å²) in [5, 5.41) is 9.28. The first-order chi connectivity index (χ1) is 9.82. The Morgan fingerprint density at radius 3 is 2.43 bits per heavy atom. The number of amides is 2. The molecule has 2 amide bonds. The Kier molecular flexibility index (Phi) is 4.29. The number of nitrogens with zero attached hydrogens (tertiary/aromatic N) is 1. The van der Waals surface area contributed by atoms with Crippen LogP contribution >= 0.6 is 0 Å². The molecule has 1 aliphatic heterocycles. The molecule has 2 rings (SSSR count). The lowest BCUT2D eigenvalue weighted by Gasteiger charge is -2.42. The number of nitrogens with two attached hydrogens (primary N) is 1. The maximum atomic E-state index is 12.5. The van der Waals surface area contributed by atoms with Crippen molar-refractivity contribution in [2.75, 3.05) is 19.7 Å². The summed E-state index contributed by atoms with van der Waals surface area (Å²) in [5.74, 6) is -0.678. The molecule has 1 aliphatic rings. The highest BCUT2D eigenvalue weighted by Crippen LogP contribution is 2.22. The Morgan fingerprint density at radius 1 is 1.33 bits per heavy atom. The van der Waals surface area contributed by atoms with Crippen LogP contribution < -0.4 is 5.73 Å². The fourth-order valence-corrected chi connectivity index (χ4v) is 2.51. The van der Waals surface area contributed by atoms with Crippen LogP contribution in [0.15, 0.2) is 24.3 Å². The molecule has 0 aliphatic carbocycles. The van der Waals surface area contributed by atoms with E-state index in [1.54, 1.807) is 17.0 Å². The lowest BCUT2D eigenvalue weighted by molar-refractivity contribution is -0.139. The lowest BCUT2D eigenvalue weighted by Crippen LogP contribution is -2.55. The summed E-state index contributed by atoms with van der Waals surface area (Å²) >= 11 is 0. The highest BCUT2D eigenvalue weighted by Gasteiger charge is 2.35. The van der Waals surface area contributed by atoms with Crippen LogP contribution in [0.25, 0.3) is 0 Å². The second-order valence-corrected chi connectivity index (χ2v) is 5.81.